The van der Waals surface area contributed by atoms with Crippen LogP contribution in [0.25, 0.3) is 10.9 Å². The quantitative estimate of drug-likeness (QED) is 0.514. The van der Waals surface area contributed by atoms with E-state index in [1.54, 1.807) is 19.2 Å². The summed E-state index contributed by atoms with van der Waals surface area (Å²) >= 11 is 5.68. The molecule has 1 saturated heterocycles. The molecule has 4 rings (SSSR count). The fourth-order valence-electron chi connectivity index (χ4n) is 3.76. The molecule has 3 aromatic rings. The van der Waals surface area contributed by atoms with Crippen molar-refractivity contribution in [2.24, 2.45) is 0 Å². The van der Waals surface area contributed by atoms with Gasteiger partial charge in [-0.25, -0.2) is 4.39 Å². The predicted molar refractivity (Wildman–Crippen MR) is 131 cm³/mol. The van der Waals surface area contributed by atoms with Crippen LogP contribution in [-0.4, -0.2) is 66.4 Å². The highest BCUT2D eigenvalue weighted by Gasteiger charge is 2.17. The molecule has 2 heterocycles. The van der Waals surface area contributed by atoms with Gasteiger partial charge in [-0.2, -0.15) is 0 Å². The van der Waals surface area contributed by atoms with Crippen LogP contribution in [0.15, 0.2) is 53.3 Å². The average Bonchev–Trinajstić information content (AvgIpc) is 2.83. The first kappa shape index (κ1) is 23.2. The van der Waals surface area contributed by atoms with Gasteiger partial charge in [0, 0.05) is 48.3 Å². The van der Waals surface area contributed by atoms with E-state index in [1.165, 1.54) is 12.1 Å². The summed E-state index contributed by atoms with van der Waals surface area (Å²) in [5, 5.41) is 4.52. The van der Waals surface area contributed by atoms with Crippen LogP contribution in [0.3, 0.4) is 0 Å². The number of nitrogens with one attached hydrogen (secondary N) is 2. The Kier molecular flexibility index (Phi) is 7.54. The minimum atomic E-state index is -0.311. The lowest BCUT2D eigenvalue weighted by Gasteiger charge is -2.31. The third kappa shape index (κ3) is 6.07. The number of nitrogens with zero attached hydrogens (tertiary/aromatic N) is 2. The van der Waals surface area contributed by atoms with Crippen molar-refractivity contribution in [2.75, 3.05) is 51.8 Å². The monoisotopic (exact) mass is 470 g/mol. The highest BCUT2D eigenvalue weighted by atomic mass is 32.1. The summed E-state index contributed by atoms with van der Waals surface area (Å²) in [6.45, 7) is 4.90. The predicted octanol–water partition coefficient (Wildman–Crippen LogP) is 3.21. The number of ether oxygens (including phenoxy) is 2. The maximum absolute atomic E-state index is 13.3. The molecule has 0 aliphatic carbocycles. The average molecular weight is 471 g/mol. The van der Waals surface area contributed by atoms with Gasteiger partial charge in [0.1, 0.15) is 11.6 Å². The van der Waals surface area contributed by atoms with E-state index in [-0.39, 0.29) is 11.4 Å². The number of thiocarbonyl (C=S) groups is 1. The van der Waals surface area contributed by atoms with Gasteiger partial charge in [0.2, 0.25) is 0 Å². The van der Waals surface area contributed by atoms with E-state index >= 15 is 0 Å². The van der Waals surface area contributed by atoms with Crippen LogP contribution < -0.4 is 15.6 Å². The Morgan fingerprint density at radius 2 is 1.97 bits per heavy atom. The minimum absolute atomic E-state index is 0.159. The zero-order valence-corrected chi connectivity index (χ0v) is 19.3. The standard InChI is InChI=1S/C24H27FN4O3S/c1-31-21-6-7-22-17(15-21)14-18(23(30)27-22)16-29(9-8-28-10-12-32-13-11-28)24(33)26-20-4-2-19(25)3-5-20/h2-7,14-15H,8-13,16H2,1H3,(H,26,33)(H,27,30). The van der Waals surface area contributed by atoms with Crippen molar-refractivity contribution in [1.29, 1.82) is 0 Å². The number of aromatic amines is 1. The van der Waals surface area contributed by atoms with Gasteiger partial charge in [0.25, 0.3) is 5.56 Å². The summed E-state index contributed by atoms with van der Waals surface area (Å²) in [4.78, 5) is 20.0. The second-order valence-corrected chi connectivity index (χ2v) is 8.28. The molecule has 9 heteroatoms. The van der Waals surface area contributed by atoms with E-state index < -0.39 is 0 Å². The molecular weight excluding hydrogens is 443 g/mol. The maximum atomic E-state index is 13.3. The lowest BCUT2D eigenvalue weighted by atomic mass is 10.1. The zero-order chi connectivity index (χ0) is 23.2. The number of aromatic nitrogens is 1. The molecular formula is C24H27FN4O3S. The molecule has 33 heavy (non-hydrogen) atoms. The lowest BCUT2D eigenvalue weighted by molar-refractivity contribution is 0.0358. The molecule has 1 aliphatic heterocycles. The fourth-order valence-corrected chi connectivity index (χ4v) is 4.03. The number of H-pyrrole nitrogens is 1. The molecule has 174 valence electrons. The molecule has 0 radical (unpaired) electrons. The number of hydrogen-bond acceptors (Lipinski definition) is 5. The topological polar surface area (TPSA) is 69.8 Å². The molecule has 2 N–H and O–H groups in total. The normalized spacial score (nSPS) is 14.2. The first-order valence-corrected chi connectivity index (χ1v) is 11.2. The number of rotatable bonds is 7. The Bertz CT molecular complexity index is 1160. The van der Waals surface area contributed by atoms with Crippen LogP contribution in [0.1, 0.15) is 5.56 Å². The second kappa shape index (κ2) is 10.7. The highest BCUT2D eigenvalue weighted by Crippen LogP contribution is 2.19. The number of morpholine rings is 1. The zero-order valence-electron chi connectivity index (χ0n) is 18.5. The smallest absolute Gasteiger partial charge is 0.253 e. The van der Waals surface area contributed by atoms with Crippen LogP contribution in [-0.2, 0) is 11.3 Å². The van der Waals surface area contributed by atoms with Gasteiger partial charge in [0.05, 0.1) is 26.9 Å². The molecule has 2 aromatic carbocycles. The molecule has 0 bridgehead atoms. The molecule has 0 spiro atoms. The Balaban J connectivity index is 1.56. The summed E-state index contributed by atoms with van der Waals surface area (Å²) in [5.74, 6) is 0.409. The Labute approximate surface area is 197 Å². The third-order valence-electron chi connectivity index (χ3n) is 5.66. The van der Waals surface area contributed by atoms with Crippen LogP contribution in [0, 0.1) is 5.82 Å². The SMILES string of the molecule is COc1ccc2[nH]c(=O)c(CN(CCN3CCOCC3)C(=S)Nc3ccc(F)cc3)cc2c1. The van der Waals surface area contributed by atoms with Crippen molar-refractivity contribution in [1.82, 2.24) is 14.8 Å². The molecule has 1 fully saturated rings. The van der Waals surface area contributed by atoms with Gasteiger partial charge in [0.15, 0.2) is 5.11 Å². The van der Waals surface area contributed by atoms with E-state index in [0.29, 0.717) is 42.7 Å². The number of methoxy groups -OCH3 is 1. The van der Waals surface area contributed by atoms with Crippen LogP contribution in [0.4, 0.5) is 10.1 Å². The van der Waals surface area contributed by atoms with Crippen molar-refractivity contribution in [2.45, 2.75) is 6.54 Å². The minimum Gasteiger partial charge on any atom is -0.497 e. The van der Waals surface area contributed by atoms with Crippen LogP contribution >= 0.6 is 12.2 Å². The molecule has 0 saturated carbocycles. The first-order valence-electron chi connectivity index (χ1n) is 10.8. The van der Waals surface area contributed by atoms with E-state index in [0.717, 1.165) is 36.3 Å². The second-order valence-electron chi connectivity index (χ2n) is 7.89. The van der Waals surface area contributed by atoms with E-state index in [1.807, 2.05) is 29.2 Å². The molecule has 0 unspecified atom stereocenters. The number of benzene rings is 2. The van der Waals surface area contributed by atoms with Gasteiger partial charge in [-0.3, -0.25) is 9.69 Å². The van der Waals surface area contributed by atoms with Crippen LogP contribution in [0.5, 0.6) is 5.75 Å². The summed E-state index contributed by atoms with van der Waals surface area (Å²) in [5.41, 5.74) is 1.88. The number of fused-ring (bicyclic) bond motifs is 1. The molecule has 1 aliphatic rings. The fraction of sp³-hybridized carbons (Fsp3) is 0.333. The van der Waals surface area contributed by atoms with Gasteiger partial charge in [-0.15, -0.1) is 0 Å². The van der Waals surface area contributed by atoms with E-state index in [9.17, 15) is 9.18 Å². The van der Waals surface area contributed by atoms with Crippen molar-refractivity contribution < 1.29 is 13.9 Å². The Hall–Kier alpha value is -3.01. The number of pyridine rings is 1. The van der Waals surface area contributed by atoms with Gasteiger partial charge < -0.3 is 24.7 Å². The summed E-state index contributed by atoms with van der Waals surface area (Å²) < 4.78 is 24.0. The summed E-state index contributed by atoms with van der Waals surface area (Å²) in [7, 11) is 1.61. The van der Waals surface area contributed by atoms with Gasteiger partial charge in [-0.05, 0) is 60.7 Å². The summed E-state index contributed by atoms with van der Waals surface area (Å²) in [6, 6.07) is 13.4. The number of anilines is 1. The third-order valence-corrected chi connectivity index (χ3v) is 6.02. The maximum Gasteiger partial charge on any atom is 0.253 e. The molecule has 0 atom stereocenters. The highest BCUT2D eigenvalue weighted by molar-refractivity contribution is 7.80. The van der Waals surface area contributed by atoms with E-state index in [4.69, 9.17) is 21.7 Å². The van der Waals surface area contributed by atoms with E-state index in [2.05, 4.69) is 15.2 Å². The van der Waals surface area contributed by atoms with Gasteiger partial charge in [-0.1, -0.05) is 0 Å². The van der Waals surface area contributed by atoms with Crippen molar-refractivity contribution in [3.63, 3.8) is 0 Å². The van der Waals surface area contributed by atoms with Crippen molar-refractivity contribution in [3.8, 4) is 5.75 Å². The largest absolute Gasteiger partial charge is 0.497 e. The molecule has 7 nitrogen and oxygen atoms in total. The lowest BCUT2D eigenvalue weighted by Crippen LogP contribution is -2.44. The number of hydrogen-bond donors (Lipinski definition) is 2. The van der Waals surface area contributed by atoms with Crippen molar-refractivity contribution >= 4 is 33.9 Å². The number of halogens is 1. The Morgan fingerprint density at radius 3 is 2.70 bits per heavy atom. The first-order chi connectivity index (χ1) is 16.0. The van der Waals surface area contributed by atoms with Crippen LogP contribution in [0.2, 0.25) is 0 Å². The van der Waals surface area contributed by atoms with Gasteiger partial charge >= 0.3 is 0 Å². The molecule has 0 amide bonds. The molecule has 1 aromatic heterocycles. The Morgan fingerprint density at radius 1 is 1.21 bits per heavy atom. The summed E-state index contributed by atoms with van der Waals surface area (Å²) in [6.07, 6.45) is 0. The van der Waals surface area contributed by atoms with Crippen molar-refractivity contribution in [3.05, 3.63) is 70.3 Å².